The lowest BCUT2D eigenvalue weighted by atomic mass is 9.97. The van der Waals surface area contributed by atoms with Crippen molar-refractivity contribution in [3.05, 3.63) is 0 Å². The lowest BCUT2D eigenvalue weighted by molar-refractivity contribution is -0.144. The number of rotatable bonds is 19. The van der Waals surface area contributed by atoms with E-state index in [9.17, 15) is 38.4 Å². The molecule has 0 saturated carbocycles. The number of hydrogen-bond donors (Lipinski definition) is 10. The van der Waals surface area contributed by atoms with E-state index < -0.39 is 109 Å². The molecule has 0 aromatic rings. The fourth-order valence-corrected chi connectivity index (χ4v) is 3.16. The number of aliphatic carboxylic acids is 3. The lowest BCUT2D eigenvalue weighted by Crippen LogP contribution is -2.60. The molecule has 0 spiro atoms. The summed E-state index contributed by atoms with van der Waals surface area (Å²) in [5.41, 5.74) is 10.8. The van der Waals surface area contributed by atoms with Crippen molar-refractivity contribution in [1.29, 1.82) is 0 Å². The van der Waals surface area contributed by atoms with Gasteiger partial charge in [0, 0.05) is 6.42 Å². The number of aliphatic hydroxyl groups excluding tert-OH is 1. The van der Waals surface area contributed by atoms with Crippen LogP contribution in [0.3, 0.4) is 0 Å². The first-order valence-corrected chi connectivity index (χ1v) is 12.1. The fraction of sp³-hybridized carbons (Fsp3) is 0.636. The molecule has 0 aliphatic carbocycles. The number of carbonyl (C=O) groups excluding carboxylic acids is 5. The van der Waals surface area contributed by atoms with Crippen molar-refractivity contribution < 1.29 is 58.8 Å². The second kappa shape index (κ2) is 17.3. The van der Waals surface area contributed by atoms with Crippen LogP contribution in [0, 0.1) is 5.92 Å². The summed E-state index contributed by atoms with van der Waals surface area (Å²) in [6.07, 6.45) is -2.16. The Morgan fingerprint density at radius 3 is 1.68 bits per heavy atom. The Hall–Kier alpha value is -4.32. The highest BCUT2D eigenvalue weighted by Crippen LogP contribution is 2.10. The van der Waals surface area contributed by atoms with Gasteiger partial charge in [0.15, 0.2) is 0 Å². The number of nitrogens with one attached hydrogen (secondary N) is 4. The topological polar surface area (TPSA) is 318 Å². The Kier molecular flexibility index (Phi) is 15.4. The van der Waals surface area contributed by atoms with Crippen LogP contribution in [0.5, 0.6) is 0 Å². The summed E-state index contributed by atoms with van der Waals surface area (Å²) in [5.74, 6) is -10.4. The molecule has 0 fully saturated rings. The molecular weight excluding hydrogens is 540 g/mol. The van der Waals surface area contributed by atoms with Gasteiger partial charge in [-0.3, -0.25) is 33.6 Å². The molecule has 6 atom stereocenters. The van der Waals surface area contributed by atoms with Gasteiger partial charge in [0.2, 0.25) is 29.5 Å². The molecule has 5 amide bonds. The van der Waals surface area contributed by atoms with Gasteiger partial charge in [0.1, 0.15) is 24.2 Å². The third kappa shape index (κ3) is 13.0. The third-order valence-electron chi connectivity index (χ3n) is 5.65. The van der Waals surface area contributed by atoms with Crippen LogP contribution in [0.15, 0.2) is 0 Å². The Morgan fingerprint density at radius 1 is 0.725 bits per heavy atom. The number of hydrogen-bond acceptors (Lipinski definition) is 10. The number of nitrogens with two attached hydrogens (primary N) is 2. The summed E-state index contributed by atoms with van der Waals surface area (Å²) in [4.78, 5) is 95.5. The molecule has 40 heavy (non-hydrogen) atoms. The molecule has 0 radical (unpaired) electrons. The van der Waals surface area contributed by atoms with Gasteiger partial charge in [-0.2, -0.15) is 0 Å². The predicted molar refractivity (Wildman–Crippen MR) is 133 cm³/mol. The van der Waals surface area contributed by atoms with Gasteiger partial charge in [0.05, 0.1) is 25.5 Å². The molecule has 0 heterocycles. The maximum atomic E-state index is 13.1. The van der Waals surface area contributed by atoms with Crippen molar-refractivity contribution in [3.8, 4) is 0 Å². The van der Waals surface area contributed by atoms with Gasteiger partial charge < -0.3 is 53.2 Å². The highest BCUT2D eigenvalue weighted by Gasteiger charge is 2.35. The average molecular weight is 577 g/mol. The quantitative estimate of drug-likeness (QED) is 0.0695. The Bertz CT molecular complexity index is 974. The van der Waals surface area contributed by atoms with Crippen molar-refractivity contribution >= 4 is 47.4 Å². The van der Waals surface area contributed by atoms with Crippen LogP contribution >= 0.6 is 0 Å². The smallest absolute Gasteiger partial charge is 0.328 e. The summed E-state index contributed by atoms with van der Waals surface area (Å²) < 4.78 is 0. The van der Waals surface area contributed by atoms with Crippen LogP contribution in [0.25, 0.3) is 0 Å². The second-order valence-corrected chi connectivity index (χ2v) is 8.88. The second-order valence-electron chi connectivity index (χ2n) is 8.88. The summed E-state index contributed by atoms with van der Waals surface area (Å²) in [7, 11) is 0. The van der Waals surface area contributed by atoms with Gasteiger partial charge in [-0.15, -0.1) is 0 Å². The first-order valence-electron chi connectivity index (χ1n) is 12.1. The molecule has 0 aromatic carbocycles. The van der Waals surface area contributed by atoms with Crippen molar-refractivity contribution in [1.82, 2.24) is 21.3 Å². The van der Waals surface area contributed by atoms with E-state index in [0.29, 0.717) is 0 Å². The monoisotopic (exact) mass is 576 g/mol. The predicted octanol–water partition coefficient (Wildman–Crippen LogP) is -4.41. The van der Waals surface area contributed by atoms with Gasteiger partial charge in [-0.05, 0) is 12.3 Å². The molecule has 18 nitrogen and oxygen atoms in total. The number of amides is 5. The first-order chi connectivity index (χ1) is 18.5. The molecule has 0 unspecified atom stereocenters. The van der Waals surface area contributed by atoms with Crippen molar-refractivity contribution in [3.63, 3.8) is 0 Å². The number of aliphatic hydroxyl groups is 1. The molecule has 0 saturated heterocycles. The summed E-state index contributed by atoms with van der Waals surface area (Å²) in [5, 5.41) is 44.5. The Labute approximate surface area is 228 Å². The maximum Gasteiger partial charge on any atom is 0.328 e. The largest absolute Gasteiger partial charge is 0.481 e. The lowest BCUT2D eigenvalue weighted by Gasteiger charge is -2.28. The van der Waals surface area contributed by atoms with Gasteiger partial charge in [-0.1, -0.05) is 20.3 Å². The highest BCUT2D eigenvalue weighted by atomic mass is 16.4. The fourth-order valence-electron chi connectivity index (χ4n) is 3.16. The van der Waals surface area contributed by atoms with E-state index >= 15 is 0 Å². The van der Waals surface area contributed by atoms with Crippen molar-refractivity contribution in [2.45, 2.75) is 76.2 Å². The van der Waals surface area contributed by atoms with E-state index in [1.807, 2.05) is 5.32 Å². The van der Waals surface area contributed by atoms with Gasteiger partial charge in [-0.25, -0.2) is 4.79 Å². The number of carboxylic acids is 3. The van der Waals surface area contributed by atoms with Gasteiger partial charge in [0.25, 0.3) is 0 Å². The zero-order valence-corrected chi connectivity index (χ0v) is 21.9. The summed E-state index contributed by atoms with van der Waals surface area (Å²) in [6, 6.07) is -8.01. The van der Waals surface area contributed by atoms with Crippen LogP contribution < -0.4 is 32.7 Å². The van der Waals surface area contributed by atoms with E-state index in [1.54, 1.807) is 6.92 Å². The van der Waals surface area contributed by atoms with E-state index in [1.165, 1.54) is 6.92 Å². The maximum absolute atomic E-state index is 13.1. The first kappa shape index (κ1) is 35.7. The SMILES string of the molecule is CC[C@H](C)[C@H](NC(=O)[C@H](CC(N)=O)NC(=O)[C@@H](N)CCC(=O)O)C(=O)N[C@@H](CC(=O)O)C(=O)N[C@@H](CO)C(=O)O. The van der Waals surface area contributed by atoms with Crippen LogP contribution in [0.2, 0.25) is 0 Å². The summed E-state index contributed by atoms with van der Waals surface area (Å²) >= 11 is 0. The molecule has 12 N–H and O–H groups in total. The van der Waals surface area contributed by atoms with Crippen molar-refractivity contribution in [2.24, 2.45) is 17.4 Å². The minimum atomic E-state index is -1.81. The van der Waals surface area contributed by atoms with Gasteiger partial charge >= 0.3 is 17.9 Å². The minimum absolute atomic E-state index is 0.271. The van der Waals surface area contributed by atoms with Crippen LogP contribution in [0.1, 0.15) is 46.0 Å². The van der Waals surface area contributed by atoms with Crippen molar-refractivity contribution in [2.75, 3.05) is 6.61 Å². The number of carboxylic acid groups (broad SMARTS) is 3. The molecule has 0 aliphatic heterocycles. The minimum Gasteiger partial charge on any atom is -0.481 e. The number of primary amides is 1. The zero-order valence-electron chi connectivity index (χ0n) is 21.9. The normalized spacial score (nSPS) is 15.2. The molecule has 0 aromatic heterocycles. The standard InChI is InChI=1S/C22H36N6O12/c1-3-9(2)17(21(38)26-12(7-16(33)34)19(36)27-13(8-29)22(39)40)28-20(37)11(6-14(24)30)25-18(35)10(23)4-5-15(31)32/h9-13,17,29H,3-8,23H2,1-2H3,(H2,24,30)(H,25,35)(H,26,38)(H,27,36)(H,28,37)(H,31,32)(H,33,34)(H,39,40)/t9-,10-,11-,12-,13-,17-/m0/s1. The third-order valence-corrected chi connectivity index (χ3v) is 5.65. The number of carbonyl (C=O) groups is 8. The Morgan fingerprint density at radius 2 is 1.23 bits per heavy atom. The highest BCUT2D eigenvalue weighted by molar-refractivity contribution is 5.97. The molecule has 0 bridgehead atoms. The van der Waals surface area contributed by atoms with Crippen LogP contribution in [-0.4, -0.2) is 105 Å². The zero-order chi connectivity index (χ0) is 31.2. The molecule has 0 aliphatic rings. The average Bonchev–Trinajstić information content (AvgIpc) is 2.86. The summed E-state index contributed by atoms with van der Waals surface area (Å²) in [6.45, 7) is 2.14. The van der Waals surface area contributed by atoms with Crippen LogP contribution in [0.4, 0.5) is 0 Å². The Balaban J connectivity index is 5.85. The van der Waals surface area contributed by atoms with E-state index in [2.05, 4.69) is 16.0 Å². The van der Waals surface area contributed by atoms with E-state index in [4.69, 9.17) is 31.9 Å². The molecule has 0 rings (SSSR count). The molecule has 18 heteroatoms. The molecule has 226 valence electrons. The molecular formula is C22H36N6O12. The van der Waals surface area contributed by atoms with E-state index in [-0.39, 0.29) is 12.8 Å². The van der Waals surface area contributed by atoms with E-state index in [0.717, 1.165) is 0 Å². The van der Waals surface area contributed by atoms with Crippen LogP contribution in [-0.2, 0) is 38.4 Å².